The third-order valence-electron chi connectivity index (χ3n) is 2.41. The lowest BCUT2D eigenvalue weighted by Gasteiger charge is -2.08. The van der Waals surface area contributed by atoms with E-state index in [0.29, 0.717) is 6.04 Å². The second-order valence-corrected chi connectivity index (χ2v) is 3.22. The van der Waals surface area contributed by atoms with Gasteiger partial charge in [0.15, 0.2) is 0 Å². The summed E-state index contributed by atoms with van der Waals surface area (Å²) >= 11 is 0. The predicted octanol–water partition coefficient (Wildman–Crippen LogP) is 1.75. The van der Waals surface area contributed by atoms with Gasteiger partial charge in [-0.1, -0.05) is 0 Å². The molecule has 1 fully saturated rings. The Labute approximate surface area is 67.0 Å². The monoisotopic (exact) mass is 150 g/mol. The number of hydrogen-bond donors (Lipinski definition) is 2. The third-order valence-corrected chi connectivity index (χ3v) is 2.41. The lowest BCUT2D eigenvalue weighted by Crippen LogP contribution is -2.13. The molecular formula is C9H14N2. The minimum absolute atomic E-state index is 0.588. The van der Waals surface area contributed by atoms with Crippen LogP contribution in [0.4, 0.5) is 0 Å². The number of hydrogen-bond acceptors (Lipinski definition) is 1. The van der Waals surface area contributed by atoms with Crippen LogP contribution in [0, 0.1) is 6.92 Å². The molecule has 1 aromatic rings. The van der Waals surface area contributed by atoms with Gasteiger partial charge in [0, 0.05) is 17.9 Å². The second kappa shape index (κ2) is 2.70. The molecule has 2 heteroatoms. The number of nitrogens with one attached hydrogen (secondary N) is 2. The summed E-state index contributed by atoms with van der Waals surface area (Å²) in [6.45, 7) is 3.33. The van der Waals surface area contributed by atoms with E-state index in [4.69, 9.17) is 0 Å². The molecule has 1 aromatic heterocycles. The molecule has 0 aliphatic carbocycles. The van der Waals surface area contributed by atoms with Crippen molar-refractivity contribution in [2.24, 2.45) is 0 Å². The Morgan fingerprint density at radius 3 is 3.00 bits per heavy atom. The van der Waals surface area contributed by atoms with Crippen LogP contribution in [0.25, 0.3) is 0 Å². The van der Waals surface area contributed by atoms with Crippen molar-refractivity contribution in [3.63, 3.8) is 0 Å². The Morgan fingerprint density at radius 2 is 2.45 bits per heavy atom. The molecule has 2 heterocycles. The van der Waals surface area contributed by atoms with E-state index in [-0.39, 0.29) is 0 Å². The molecule has 0 bridgehead atoms. The van der Waals surface area contributed by atoms with Gasteiger partial charge in [0.2, 0.25) is 0 Å². The Balaban J connectivity index is 2.21. The van der Waals surface area contributed by atoms with Gasteiger partial charge in [-0.3, -0.25) is 0 Å². The number of H-pyrrole nitrogens is 1. The van der Waals surface area contributed by atoms with Crippen molar-refractivity contribution in [2.45, 2.75) is 25.8 Å². The maximum atomic E-state index is 3.47. The summed E-state index contributed by atoms with van der Waals surface area (Å²) in [6, 6.07) is 2.72. The van der Waals surface area contributed by atoms with Gasteiger partial charge in [0.1, 0.15) is 0 Å². The van der Waals surface area contributed by atoms with Crippen LogP contribution < -0.4 is 5.32 Å². The molecule has 2 N–H and O–H groups in total. The molecule has 1 saturated heterocycles. The fraction of sp³-hybridized carbons (Fsp3) is 0.556. The highest BCUT2D eigenvalue weighted by atomic mass is 15.0. The predicted molar refractivity (Wildman–Crippen MR) is 45.5 cm³/mol. The van der Waals surface area contributed by atoms with Crippen molar-refractivity contribution in [3.05, 3.63) is 23.5 Å². The average Bonchev–Trinajstić information content (AvgIpc) is 2.55. The highest BCUT2D eigenvalue weighted by molar-refractivity contribution is 5.22. The van der Waals surface area contributed by atoms with Gasteiger partial charge in [0.25, 0.3) is 0 Å². The SMILES string of the molecule is Cc1cc[nH]c1[C@H]1CCCN1. The lowest BCUT2D eigenvalue weighted by molar-refractivity contribution is 0.628. The molecule has 2 nitrogen and oxygen atoms in total. The Morgan fingerprint density at radius 1 is 1.55 bits per heavy atom. The molecule has 11 heavy (non-hydrogen) atoms. The maximum Gasteiger partial charge on any atom is 0.0476 e. The van der Waals surface area contributed by atoms with Gasteiger partial charge in [-0.2, -0.15) is 0 Å². The van der Waals surface area contributed by atoms with E-state index in [0.717, 1.165) is 0 Å². The van der Waals surface area contributed by atoms with Crippen LogP contribution in [0.2, 0.25) is 0 Å². The van der Waals surface area contributed by atoms with Gasteiger partial charge < -0.3 is 10.3 Å². The second-order valence-electron chi connectivity index (χ2n) is 3.22. The van der Waals surface area contributed by atoms with Crippen molar-refractivity contribution >= 4 is 0 Å². The normalized spacial score (nSPS) is 24.3. The largest absolute Gasteiger partial charge is 0.363 e. The van der Waals surface area contributed by atoms with E-state index >= 15 is 0 Å². The molecular weight excluding hydrogens is 136 g/mol. The zero-order chi connectivity index (χ0) is 7.68. The van der Waals surface area contributed by atoms with Crippen molar-refractivity contribution in [1.82, 2.24) is 10.3 Å². The van der Waals surface area contributed by atoms with E-state index < -0.39 is 0 Å². The molecule has 0 unspecified atom stereocenters. The van der Waals surface area contributed by atoms with Crippen molar-refractivity contribution in [1.29, 1.82) is 0 Å². The molecule has 0 saturated carbocycles. The van der Waals surface area contributed by atoms with E-state index in [2.05, 4.69) is 23.3 Å². The first kappa shape index (κ1) is 6.92. The zero-order valence-electron chi connectivity index (χ0n) is 6.85. The van der Waals surface area contributed by atoms with Crippen molar-refractivity contribution in [3.8, 4) is 0 Å². The number of rotatable bonds is 1. The fourth-order valence-corrected chi connectivity index (χ4v) is 1.77. The summed E-state index contributed by atoms with van der Waals surface area (Å²) < 4.78 is 0. The Kier molecular flexibility index (Phi) is 1.70. The van der Waals surface area contributed by atoms with Crippen LogP contribution in [0.15, 0.2) is 12.3 Å². The minimum atomic E-state index is 0.588. The molecule has 60 valence electrons. The number of aryl methyl sites for hydroxylation is 1. The summed E-state index contributed by atoms with van der Waals surface area (Å²) in [7, 11) is 0. The fourth-order valence-electron chi connectivity index (χ4n) is 1.77. The molecule has 0 aromatic carbocycles. The summed E-state index contributed by atoms with van der Waals surface area (Å²) in [6.07, 6.45) is 4.61. The Bertz CT molecular complexity index is 233. The topological polar surface area (TPSA) is 27.8 Å². The summed E-state index contributed by atoms with van der Waals surface area (Å²) in [5.74, 6) is 0. The first-order valence-electron chi connectivity index (χ1n) is 4.25. The molecule has 0 amide bonds. The molecule has 2 rings (SSSR count). The van der Waals surface area contributed by atoms with Gasteiger partial charge in [-0.05, 0) is 37.9 Å². The van der Waals surface area contributed by atoms with Gasteiger partial charge >= 0.3 is 0 Å². The van der Waals surface area contributed by atoms with Crippen molar-refractivity contribution < 1.29 is 0 Å². The van der Waals surface area contributed by atoms with Crippen LogP contribution in [0.5, 0.6) is 0 Å². The first-order chi connectivity index (χ1) is 5.38. The quantitative estimate of drug-likeness (QED) is 0.627. The molecule has 1 aliphatic rings. The highest BCUT2D eigenvalue weighted by Gasteiger charge is 2.17. The van der Waals surface area contributed by atoms with E-state index in [1.165, 1.54) is 30.6 Å². The van der Waals surface area contributed by atoms with Gasteiger partial charge in [0.05, 0.1) is 0 Å². The maximum absolute atomic E-state index is 3.47. The summed E-state index contributed by atoms with van der Waals surface area (Å²) in [5.41, 5.74) is 2.76. The van der Waals surface area contributed by atoms with Crippen LogP contribution in [0.1, 0.15) is 30.1 Å². The third kappa shape index (κ3) is 1.18. The van der Waals surface area contributed by atoms with Gasteiger partial charge in [-0.15, -0.1) is 0 Å². The summed E-state index contributed by atoms with van der Waals surface area (Å²) in [5, 5.41) is 3.47. The van der Waals surface area contributed by atoms with Crippen LogP contribution in [-0.2, 0) is 0 Å². The highest BCUT2D eigenvalue weighted by Crippen LogP contribution is 2.23. The van der Waals surface area contributed by atoms with Crippen molar-refractivity contribution in [2.75, 3.05) is 6.54 Å². The van der Waals surface area contributed by atoms with E-state index in [1.54, 1.807) is 0 Å². The molecule has 1 atom stereocenters. The molecule has 1 aliphatic heterocycles. The summed E-state index contributed by atoms with van der Waals surface area (Å²) in [4.78, 5) is 3.28. The smallest absolute Gasteiger partial charge is 0.0476 e. The van der Waals surface area contributed by atoms with Crippen LogP contribution in [0.3, 0.4) is 0 Å². The standard InChI is InChI=1S/C9H14N2/c1-7-4-6-11-9(7)8-3-2-5-10-8/h4,6,8,10-11H,2-3,5H2,1H3/t8-/m1/s1. The average molecular weight is 150 g/mol. The van der Waals surface area contributed by atoms with E-state index in [9.17, 15) is 0 Å². The first-order valence-corrected chi connectivity index (χ1v) is 4.25. The van der Waals surface area contributed by atoms with Gasteiger partial charge in [-0.25, -0.2) is 0 Å². The molecule has 0 spiro atoms. The van der Waals surface area contributed by atoms with E-state index in [1.807, 2.05) is 6.20 Å². The number of aromatic nitrogens is 1. The molecule has 0 radical (unpaired) electrons. The van der Waals surface area contributed by atoms with Crippen LogP contribution in [-0.4, -0.2) is 11.5 Å². The number of aromatic amines is 1. The zero-order valence-corrected chi connectivity index (χ0v) is 6.85. The van der Waals surface area contributed by atoms with Crippen LogP contribution >= 0.6 is 0 Å². The minimum Gasteiger partial charge on any atom is -0.363 e. The Hall–Kier alpha value is -0.760. The lowest BCUT2D eigenvalue weighted by atomic mass is 10.1.